The molecule has 0 bridgehead atoms. The predicted molar refractivity (Wildman–Crippen MR) is 135 cm³/mol. The smallest absolute Gasteiger partial charge is 0.254 e. The maximum absolute atomic E-state index is 13.3. The van der Waals surface area contributed by atoms with Gasteiger partial charge in [0.05, 0.1) is 0 Å². The Labute approximate surface area is 195 Å². The summed E-state index contributed by atoms with van der Waals surface area (Å²) in [6.07, 6.45) is 11.7. The quantitative estimate of drug-likeness (QED) is 0.300. The third-order valence-electron chi connectivity index (χ3n) is 6.25. The fourth-order valence-electron chi connectivity index (χ4n) is 4.22. The maximum Gasteiger partial charge on any atom is 0.254 e. The van der Waals surface area contributed by atoms with E-state index >= 15 is 0 Å². The summed E-state index contributed by atoms with van der Waals surface area (Å²) in [4.78, 5) is 30.2. The van der Waals surface area contributed by atoms with E-state index < -0.39 is 0 Å². The van der Waals surface area contributed by atoms with Crippen LogP contribution in [0.15, 0.2) is 36.4 Å². The lowest BCUT2D eigenvalue weighted by Gasteiger charge is -2.21. The minimum atomic E-state index is -0.00596. The minimum absolute atomic E-state index is 0.00596. The van der Waals surface area contributed by atoms with E-state index in [0.717, 1.165) is 49.5 Å². The van der Waals surface area contributed by atoms with Crippen LogP contribution in [0.3, 0.4) is 0 Å². The van der Waals surface area contributed by atoms with Crippen LogP contribution in [-0.2, 0) is 0 Å². The zero-order chi connectivity index (χ0) is 23.3. The van der Waals surface area contributed by atoms with Gasteiger partial charge < -0.3 is 9.80 Å². The van der Waals surface area contributed by atoms with Gasteiger partial charge in [-0.05, 0) is 30.4 Å². The molecule has 32 heavy (non-hydrogen) atoms. The molecule has 0 aromatic heterocycles. The van der Waals surface area contributed by atoms with E-state index in [9.17, 15) is 9.59 Å². The molecule has 4 nitrogen and oxygen atoms in total. The van der Waals surface area contributed by atoms with Crippen LogP contribution in [-0.4, -0.2) is 48.8 Å². The average Bonchev–Trinajstić information content (AvgIpc) is 2.81. The third-order valence-corrected chi connectivity index (χ3v) is 6.25. The summed E-state index contributed by atoms with van der Waals surface area (Å²) >= 11 is 0. The second kappa shape index (κ2) is 13.9. The van der Waals surface area contributed by atoms with Crippen molar-refractivity contribution in [1.29, 1.82) is 0 Å². The van der Waals surface area contributed by atoms with Crippen LogP contribution in [0.1, 0.15) is 98.8 Å². The van der Waals surface area contributed by atoms with E-state index in [2.05, 4.69) is 13.8 Å². The molecule has 4 heteroatoms. The van der Waals surface area contributed by atoms with Gasteiger partial charge in [-0.15, -0.1) is 0 Å². The fourth-order valence-corrected chi connectivity index (χ4v) is 4.22. The van der Waals surface area contributed by atoms with Crippen molar-refractivity contribution in [3.63, 3.8) is 0 Å². The summed E-state index contributed by atoms with van der Waals surface area (Å²) in [6, 6.07) is 11.5. The highest BCUT2D eigenvalue weighted by atomic mass is 16.2. The van der Waals surface area contributed by atoms with E-state index in [0.29, 0.717) is 11.1 Å². The van der Waals surface area contributed by atoms with Gasteiger partial charge in [0, 0.05) is 43.7 Å². The fraction of sp³-hybridized carbons (Fsp3) is 0.571. The van der Waals surface area contributed by atoms with Gasteiger partial charge in [0.15, 0.2) is 0 Å². The largest absolute Gasteiger partial charge is 0.342 e. The highest BCUT2D eigenvalue weighted by Gasteiger charge is 2.21. The van der Waals surface area contributed by atoms with Gasteiger partial charge in [-0.3, -0.25) is 9.59 Å². The van der Waals surface area contributed by atoms with Crippen molar-refractivity contribution >= 4 is 22.6 Å². The van der Waals surface area contributed by atoms with Crippen LogP contribution in [0.4, 0.5) is 0 Å². The summed E-state index contributed by atoms with van der Waals surface area (Å²) in [5, 5.41) is 1.72. The molecule has 0 aliphatic heterocycles. The number of carbonyl (C=O) groups excluding carboxylic acids is 2. The van der Waals surface area contributed by atoms with Crippen molar-refractivity contribution in [1.82, 2.24) is 9.80 Å². The number of benzene rings is 2. The normalized spacial score (nSPS) is 11.0. The van der Waals surface area contributed by atoms with E-state index in [1.165, 1.54) is 38.5 Å². The Morgan fingerprint density at radius 1 is 0.625 bits per heavy atom. The van der Waals surface area contributed by atoms with E-state index in [-0.39, 0.29) is 11.8 Å². The number of nitrogens with zero attached hydrogens (tertiary/aromatic N) is 2. The molecule has 2 rings (SSSR count). The Morgan fingerprint density at radius 3 is 1.44 bits per heavy atom. The molecule has 0 aliphatic rings. The predicted octanol–water partition coefficient (Wildman–Crippen LogP) is 6.92. The van der Waals surface area contributed by atoms with E-state index in [4.69, 9.17) is 0 Å². The van der Waals surface area contributed by atoms with Crippen molar-refractivity contribution < 1.29 is 9.59 Å². The van der Waals surface area contributed by atoms with Gasteiger partial charge >= 0.3 is 0 Å². The molecule has 0 spiro atoms. The number of hydrogen-bond donors (Lipinski definition) is 0. The minimum Gasteiger partial charge on any atom is -0.342 e. The number of fused-ring (bicyclic) bond motifs is 1. The second-order valence-electron chi connectivity index (χ2n) is 8.99. The molecular formula is C28H42N2O2. The topological polar surface area (TPSA) is 40.6 Å². The lowest BCUT2D eigenvalue weighted by atomic mass is 9.97. The Balaban J connectivity index is 2.16. The summed E-state index contributed by atoms with van der Waals surface area (Å²) in [5.74, 6) is -0.0119. The third kappa shape index (κ3) is 7.36. The molecule has 0 N–H and O–H groups in total. The van der Waals surface area contributed by atoms with Gasteiger partial charge in [0.2, 0.25) is 0 Å². The molecule has 0 unspecified atom stereocenters. The highest BCUT2D eigenvalue weighted by Crippen LogP contribution is 2.25. The first-order chi connectivity index (χ1) is 15.5. The molecular weight excluding hydrogens is 396 g/mol. The van der Waals surface area contributed by atoms with Crippen molar-refractivity contribution in [3.05, 3.63) is 47.5 Å². The summed E-state index contributed by atoms with van der Waals surface area (Å²) < 4.78 is 0. The summed E-state index contributed by atoms with van der Waals surface area (Å²) in [7, 11) is 3.74. The van der Waals surface area contributed by atoms with Gasteiger partial charge in [-0.1, -0.05) is 89.5 Å². The number of rotatable bonds is 14. The molecule has 0 heterocycles. The first-order valence-corrected chi connectivity index (χ1v) is 12.5. The standard InChI is InChI=1S/C28H42N2O2/c1-5-7-9-11-13-21-29(3)27(31)24-19-15-17-23-18-16-20-25(26(23)24)28(32)30(4)22-14-12-10-8-6-2/h15-20H,5-14,21-22H2,1-4H3. The van der Waals surface area contributed by atoms with Crippen LogP contribution in [0.5, 0.6) is 0 Å². The molecule has 0 aliphatic carbocycles. The number of carbonyl (C=O) groups is 2. The average molecular weight is 439 g/mol. The first-order valence-electron chi connectivity index (χ1n) is 12.5. The molecule has 176 valence electrons. The van der Waals surface area contributed by atoms with Crippen molar-refractivity contribution in [2.24, 2.45) is 0 Å². The van der Waals surface area contributed by atoms with Crippen LogP contribution in [0.2, 0.25) is 0 Å². The Bertz CT molecular complexity index is 795. The molecule has 2 aromatic rings. The van der Waals surface area contributed by atoms with Crippen LogP contribution < -0.4 is 0 Å². The number of amides is 2. The van der Waals surface area contributed by atoms with Crippen LogP contribution in [0, 0.1) is 0 Å². The lowest BCUT2D eigenvalue weighted by molar-refractivity contribution is 0.0793. The van der Waals surface area contributed by atoms with Gasteiger partial charge in [0.1, 0.15) is 0 Å². The highest BCUT2D eigenvalue weighted by molar-refractivity contribution is 6.15. The molecule has 2 amide bonds. The van der Waals surface area contributed by atoms with E-state index in [1.54, 1.807) is 9.80 Å². The summed E-state index contributed by atoms with van der Waals surface area (Å²) in [6.45, 7) is 5.90. The molecule has 0 saturated heterocycles. The molecule has 2 aromatic carbocycles. The second-order valence-corrected chi connectivity index (χ2v) is 8.99. The summed E-state index contributed by atoms with van der Waals surface area (Å²) in [5.41, 5.74) is 1.25. The number of unbranched alkanes of at least 4 members (excludes halogenated alkanes) is 8. The monoisotopic (exact) mass is 438 g/mol. The van der Waals surface area contributed by atoms with Crippen molar-refractivity contribution in [3.8, 4) is 0 Å². The van der Waals surface area contributed by atoms with Gasteiger partial charge in [-0.2, -0.15) is 0 Å². The Morgan fingerprint density at radius 2 is 1.03 bits per heavy atom. The first kappa shape index (κ1) is 25.9. The number of hydrogen-bond acceptors (Lipinski definition) is 2. The molecule has 0 saturated carbocycles. The lowest BCUT2D eigenvalue weighted by Crippen LogP contribution is -2.30. The Kier molecular flexibility index (Phi) is 11.3. The molecule has 0 fully saturated rings. The van der Waals surface area contributed by atoms with E-state index in [1.807, 2.05) is 50.5 Å². The van der Waals surface area contributed by atoms with Gasteiger partial charge in [0.25, 0.3) is 11.8 Å². The Hall–Kier alpha value is -2.36. The molecule has 0 radical (unpaired) electrons. The zero-order valence-electron chi connectivity index (χ0n) is 20.7. The van der Waals surface area contributed by atoms with Crippen molar-refractivity contribution in [2.75, 3.05) is 27.2 Å². The molecule has 0 atom stereocenters. The van der Waals surface area contributed by atoms with Crippen LogP contribution in [0.25, 0.3) is 10.8 Å². The zero-order valence-corrected chi connectivity index (χ0v) is 20.7. The van der Waals surface area contributed by atoms with Gasteiger partial charge in [-0.25, -0.2) is 0 Å². The SMILES string of the molecule is CCCCCCCN(C)C(=O)c1cccc2cccc(C(=O)N(C)CCCCCCC)c12. The van der Waals surface area contributed by atoms with Crippen molar-refractivity contribution in [2.45, 2.75) is 78.1 Å². The van der Waals surface area contributed by atoms with Crippen LogP contribution >= 0.6 is 0 Å². The maximum atomic E-state index is 13.3.